The van der Waals surface area contributed by atoms with Crippen molar-refractivity contribution in [3.05, 3.63) is 11.1 Å². The highest BCUT2D eigenvalue weighted by atomic mass is 31.2. The van der Waals surface area contributed by atoms with Gasteiger partial charge in [-0.25, -0.2) is 0 Å². The van der Waals surface area contributed by atoms with E-state index in [9.17, 15) is 19.5 Å². The third-order valence-corrected chi connectivity index (χ3v) is 5.84. The van der Waals surface area contributed by atoms with Gasteiger partial charge in [0, 0.05) is 5.92 Å². The first-order chi connectivity index (χ1) is 9.28. The Labute approximate surface area is 128 Å². The van der Waals surface area contributed by atoms with E-state index in [0.29, 0.717) is 16.8 Å². The zero-order valence-electron chi connectivity index (χ0n) is 14.1. The topological polar surface area (TPSA) is 77.8 Å². The molecule has 6 heteroatoms. The van der Waals surface area contributed by atoms with Crippen LogP contribution in [0.2, 0.25) is 0 Å². The van der Waals surface area contributed by atoms with Gasteiger partial charge >= 0.3 is 7.60 Å². The molecule has 124 valence electrons. The number of hydrogen-bond donors (Lipinski definition) is 3. The molecule has 1 saturated carbocycles. The second kappa shape index (κ2) is 6.13. The van der Waals surface area contributed by atoms with Crippen molar-refractivity contribution < 1.29 is 23.9 Å². The van der Waals surface area contributed by atoms with E-state index in [1.165, 1.54) is 0 Å². The van der Waals surface area contributed by atoms with Gasteiger partial charge in [0.05, 0.1) is 21.1 Å². The molecule has 5 nitrogen and oxygen atoms in total. The molecule has 0 aromatic carbocycles. The molecule has 0 spiro atoms. The van der Waals surface area contributed by atoms with Gasteiger partial charge in [-0.05, 0) is 39.0 Å². The molecule has 1 aliphatic rings. The highest BCUT2D eigenvalue weighted by Crippen LogP contribution is 2.58. The molecule has 0 aliphatic heterocycles. The monoisotopic (exact) mass is 320 g/mol. The Morgan fingerprint density at radius 1 is 1.33 bits per heavy atom. The highest BCUT2D eigenvalue weighted by molar-refractivity contribution is 7.53. The fourth-order valence-corrected chi connectivity index (χ4v) is 4.68. The van der Waals surface area contributed by atoms with Gasteiger partial charge in [-0.1, -0.05) is 18.1 Å². The Morgan fingerprint density at radius 3 is 2.24 bits per heavy atom. The number of rotatable bonds is 4. The highest BCUT2D eigenvalue weighted by Gasteiger charge is 2.56. The van der Waals surface area contributed by atoms with Crippen LogP contribution in [0.3, 0.4) is 0 Å². The summed E-state index contributed by atoms with van der Waals surface area (Å²) in [5.74, 6) is -0.104. The molecule has 0 aromatic rings. The van der Waals surface area contributed by atoms with Gasteiger partial charge in [0.2, 0.25) is 5.34 Å². The molecule has 0 amide bonds. The summed E-state index contributed by atoms with van der Waals surface area (Å²) in [5.41, 5.74) is 2.09. The zero-order valence-corrected chi connectivity index (χ0v) is 15.0. The van der Waals surface area contributed by atoms with Crippen LogP contribution >= 0.6 is 7.60 Å². The molecule has 21 heavy (non-hydrogen) atoms. The molecule has 3 atom stereocenters. The van der Waals surface area contributed by atoms with Crippen LogP contribution in [0.25, 0.3) is 0 Å². The molecule has 0 heterocycles. The Morgan fingerprint density at radius 2 is 1.86 bits per heavy atom. The van der Waals surface area contributed by atoms with Crippen LogP contribution < -0.4 is 0 Å². The lowest BCUT2D eigenvalue weighted by Gasteiger charge is -2.44. The van der Waals surface area contributed by atoms with Crippen molar-refractivity contribution in [2.75, 3.05) is 27.7 Å². The minimum Gasteiger partial charge on any atom is -0.373 e. The SMILES string of the molecule is CC(C)=C1CCC(C)CC1C(O)(C[N+](C)(C)C)P(=O)(O)O. The third kappa shape index (κ3) is 4.40. The van der Waals surface area contributed by atoms with Gasteiger partial charge in [-0.2, -0.15) is 0 Å². The van der Waals surface area contributed by atoms with Crippen LogP contribution in [0.15, 0.2) is 11.1 Å². The predicted molar refractivity (Wildman–Crippen MR) is 84.8 cm³/mol. The molecule has 1 rings (SSSR count). The van der Waals surface area contributed by atoms with Crippen LogP contribution in [-0.2, 0) is 4.57 Å². The summed E-state index contributed by atoms with van der Waals surface area (Å²) in [6, 6.07) is 0. The molecule has 1 aliphatic carbocycles. The largest absolute Gasteiger partial charge is 0.373 e. The van der Waals surface area contributed by atoms with Crippen LogP contribution in [0, 0.1) is 11.8 Å². The maximum Gasteiger partial charge on any atom is 0.363 e. The fourth-order valence-electron chi connectivity index (χ4n) is 3.41. The van der Waals surface area contributed by atoms with Gasteiger partial charge in [0.25, 0.3) is 0 Å². The number of nitrogens with zero attached hydrogens (tertiary/aromatic N) is 1. The summed E-state index contributed by atoms with van der Waals surface area (Å²) in [5, 5.41) is 9.04. The molecule has 0 bridgehead atoms. The first-order valence-electron chi connectivity index (χ1n) is 7.52. The second-order valence-corrected chi connectivity index (χ2v) is 9.69. The van der Waals surface area contributed by atoms with E-state index in [1.807, 2.05) is 35.0 Å². The van der Waals surface area contributed by atoms with Crippen molar-refractivity contribution in [1.29, 1.82) is 0 Å². The predicted octanol–water partition coefficient (Wildman–Crippen LogP) is 2.33. The van der Waals surface area contributed by atoms with Crippen molar-refractivity contribution in [3.63, 3.8) is 0 Å². The lowest BCUT2D eigenvalue weighted by atomic mass is 9.74. The van der Waals surface area contributed by atoms with E-state index in [4.69, 9.17) is 0 Å². The van der Waals surface area contributed by atoms with Crippen LogP contribution in [0.1, 0.15) is 40.0 Å². The lowest BCUT2D eigenvalue weighted by molar-refractivity contribution is -0.875. The molecular formula is C15H31NO4P+. The van der Waals surface area contributed by atoms with Gasteiger partial charge in [-0.3, -0.25) is 4.57 Å². The maximum atomic E-state index is 12.1. The average Bonchev–Trinajstić information content (AvgIpc) is 2.24. The molecule has 3 N–H and O–H groups in total. The number of hydrogen-bond acceptors (Lipinski definition) is 2. The van der Waals surface area contributed by atoms with Gasteiger partial charge < -0.3 is 19.4 Å². The molecule has 0 radical (unpaired) electrons. The van der Waals surface area contributed by atoms with E-state index in [-0.39, 0.29) is 6.54 Å². The smallest absolute Gasteiger partial charge is 0.363 e. The number of quaternary nitrogens is 1. The molecule has 0 saturated heterocycles. The quantitative estimate of drug-likeness (QED) is 0.422. The number of likely N-dealkylation sites (N-methyl/N-ethyl adjacent to an activating group) is 1. The summed E-state index contributed by atoms with van der Waals surface area (Å²) in [6.45, 7) is 6.04. The van der Waals surface area contributed by atoms with Crippen molar-refractivity contribution in [1.82, 2.24) is 0 Å². The second-order valence-electron chi connectivity index (χ2n) is 7.83. The molecular weight excluding hydrogens is 289 g/mol. The van der Waals surface area contributed by atoms with Crippen molar-refractivity contribution >= 4 is 7.60 Å². The number of aliphatic hydroxyl groups is 1. The van der Waals surface area contributed by atoms with Crippen molar-refractivity contribution in [2.24, 2.45) is 11.8 Å². The van der Waals surface area contributed by atoms with E-state index >= 15 is 0 Å². The summed E-state index contributed by atoms with van der Waals surface area (Å²) < 4.78 is 12.4. The van der Waals surface area contributed by atoms with Gasteiger partial charge in [0.15, 0.2) is 0 Å². The van der Waals surface area contributed by atoms with Crippen LogP contribution in [-0.4, -0.2) is 52.4 Å². The summed E-state index contributed by atoms with van der Waals surface area (Å²) in [6.07, 6.45) is 2.45. The van der Waals surface area contributed by atoms with E-state index in [2.05, 4.69) is 6.92 Å². The zero-order chi connectivity index (χ0) is 16.6. The molecule has 1 fully saturated rings. The average molecular weight is 320 g/mol. The molecule has 0 aromatic heterocycles. The van der Waals surface area contributed by atoms with Crippen LogP contribution in [0.5, 0.6) is 0 Å². The number of allylic oxidation sites excluding steroid dienone is 1. The minimum absolute atomic E-state index is 0.0332. The Balaban J connectivity index is 3.35. The first kappa shape index (κ1) is 18.9. The van der Waals surface area contributed by atoms with Crippen LogP contribution in [0.4, 0.5) is 0 Å². The Bertz CT molecular complexity index is 459. The molecule has 3 unspecified atom stereocenters. The first-order valence-corrected chi connectivity index (χ1v) is 9.14. The Kier molecular flexibility index (Phi) is 5.51. The summed E-state index contributed by atoms with van der Waals surface area (Å²) >= 11 is 0. The van der Waals surface area contributed by atoms with Crippen molar-refractivity contribution in [2.45, 2.75) is 45.4 Å². The summed E-state index contributed by atoms with van der Waals surface area (Å²) in [7, 11) is 0.877. The van der Waals surface area contributed by atoms with E-state index < -0.39 is 18.9 Å². The minimum atomic E-state index is -4.65. The summed E-state index contributed by atoms with van der Waals surface area (Å²) in [4.78, 5) is 19.7. The Hall–Kier alpha value is -0.190. The normalized spacial score (nSPS) is 27.4. The van der Waals surface area contributed by atoms with Crippen molar-refractivity contribution in [3.8, 4) is 0 Å². The van der Waals surface area contributed by atoms with Gasteiger partial charge in [-0.15, -0.1) is 0 Å². The fraction of sp³-hybridized carbons (Fsp3) is 0.867. The van der Waals surface area contributed by atoms with E-state index in [1.54, 1.807) is 0 Å². The third-order valence-electron chi connectivity index (χ3n) is 4.38. The maximum absolute atomic E-state index is 12.1. The lowest BCUT2D eigenvalue weighted by Crippen LogP contribution is -2.54. The van der Waals surface area contributed by atoms with Gasteiger partial charge in [0.1, 0.15) is 6.54 Å². The van der Waals surface area contributed by atoms with E-state index in [0.717, 1.165) is 24.0 Å². The standard InChI is InChI=1S/C15H30NO4P/c1-11(2)13-8-7-12(3)9-14(13)15(17,21(18,19)20)10-16(4,5)6/h12,14,17H,7-10H2,1-6H3,(H-,18,19,20)/p+1.